The molecule has 0 unspecified atom stereocenters. The summed E-state index contributed by atoms with van der Waals surface area (Å²) in [5.74, 6) is 0.780. The van der Waals surface area contributed by atoms with Crippen molar-refractivity contribution in [3.8, 4) is 0 Å². The van der Waals surface area contributed by atoms with Crippen LogP contribution in [-0.2, 0) is 11.2 Å². The van der Waals surface area contributed by atoms with E-state index in [0.29, 0.717) is 11.5 Å². The molecule has 0 bridgehead atoms. The topological polar surface area (TPSA) is 54.9 Å². The average Bonchev–Trinajstić information content (AvgIpc) is 3.23. The lowest BCUT2D eigenvalue weighted by Gasteiger charge is -2.15. The molecule has 1 aromatic carbocycles. The first-order chi connectivity index (χ1) is 9.68. The van der Waals surface area contributed by atoms with Gasteiger partial charge in [0.1, 0.15) is 5.82 Å². The highest BCUT2D eigenvalue weighted by molar-refractivity contribution is 5.97. The second kappa shape index (κ2) is 5.04. The van der Waals surface area contributed by atoms with Gasteiger partial charge in [0.25, 0.3) is 0 Å². The van der Waals surface area contributed by atoms with Crippen molar-refractivity contribution < 1.29 is 4.79 Å². The molecule has 0 spiro atoms. The van der Waals surface area contributed by atoms with Crippen LogP contribution in [-0.4, -0.2) is 15.9 Å². The van der Waals surface area contributed by atoms with Crippen LogP contribution < -0.4 is 5.32 Å². The van der Waals surface area contributed by atoms with Crippen LogP contribution in [0.5, 0.6) is 0 Å². The van der Waals surface area contributed by atoms with Gasteiger partial charge in [0.2, 0.25) is 5.91 Å². The van der Waals surface area contributed by atoms with Gasteiger partial charge in [-0.1, -0.05) is 30.3 Å². The Bertz CT molecular complexity index is 603. The summed E-state index contributed by atoms with van der Waals surface area (Å²) in [4.78, 5) is 20.6. The minimum Gasteiger partial charge on any atom is -0.323 e. The monoisotopic (exact) mass is 267 g/mol. The molecule has 3 rings (SSSR count). The van der Waals surface area contributed by atoms with E-state index in [4.69, 9.17) is 0 Å². The zero-order valence-corrected chi connectivity index (χ0v) is 11.5. The van der Waals surface area contributed by atoms with Gasteiger partial charge in [0, 0.05) is 0 Å². The summed E-state index contributed by atoms with van der Waals surface area (Å²) in [7, 11) is 0. The molecule has 1 heterocycles. The van der Waals surface area contributed by atoms with Crippen molar-refractivity contribution in [2.75, 3.05) is 5.32 Å². The zero-order valence-electron chi connectivity index (χ0n) is 11.5. The fourth-order valence-electron chi connectivity index (χ4n) is 2.34. The van der Waals surface area contributed by atoms with Gasteiger partial charge in [0.05, 0.1) is 23.5 Å². The van der Waals surface area contributed by atoms with Crippen molar-refractivity contribution in [2.24, 2.45) is 5.41 Å². The Morgan fingerprint density at radius 3 is 2.45 bits per heavy atom. The van der Waals surface area contributed by atoms with Gasteiger partial charge in [-0.15, -0.1) is 0 Å². The summed E-state index contributed by atoms with van der Waals surface area (Å²) in [6.07, 6.45) is 5.99. The van der Waals surface area contributed by atoms with Crippen LogP contribution in [0.15, 0.2) is 42.7 Å². The molecule has 0 aliphatic heterocycles. The molecule has 4 heteroatoms. The molecule has 1 aromatic heterocycles. The Balaban J connectivity index is 1.69. The molecular formula is C16H17N3O. The number of anilines is 1. The minimum absolute atomic E-state index is 0.0776. The van der Waals surface area contributed by atoms with Crippen LogP contribution in [0, 0.1) is 12.3 Å². The van der Waals surface area contributed by atoms with Crippen molar-refractivity contribution in [3.63, 3.8) is 0 Å². The van der Waals surface area contributed by atoms with Gasteiger partial charge in [0.15, 0.2) is 0 Å². The molecule has 1 amide bonds. The number of benzene rings is 1. The van der Waals surface area contributed by atoms with E-state index in [2.05, 4.69) is 27.4 Å². The van der Waals surface area contributed by atoms with E-state index < -0.39 is 0 Å². The summed E-state index contributed by atoms with van der Waals surface area (Å²) in [5, 5.41) is 2.93. The van der Waals surface area contributed by atoms with E-state index in [1.165, 1.54) is 5.56 Å². The number of hydrogen-bond acceptors (Lipinski definition) is 3. The van der Waals surface area contributed by atoms with Crippen molar-refractivity contribution >= 4 is 11.6 Å². The van der Waals surface area contributed by atoms with Gasteiger partial charge < -0.3 is 5.32 Å². The van der Waals surface area contributed by atoms with Gasteiger partial charge in [-0.2, -0.15) is 0 Å². The standard InChI is InChI=1S/C16H17N3O/c1-12-17-10-14(11-18-12)19-15(20)16(7-8-16)9-13-5-3-2-4-6-13/h2-6,10-11H,7-9H2,1H3,(H,19,20). The average molecular weight is 267 g/mol. The molecule has 1 saturated carbocycles. The SMILES string of the molecule is Cc1ncc(NC(=O)C2(Cc3ccccc3)CC2)cn1. The highest BCUT2D eigenvalue weighted by atomic mass is 16.2. The predicted octanol–water partition coefficient (Wildman–Crippen LogP) is 2.75. The summed E-state index contributed by atoms with van der Waals surface area (Å²) in [6, 6.07) is 10.2. The largest absolute Gasteiger partial charge is 0.323 e. The third-order valence-corrected chi connectivity index (χ3v) is 3.76. The maximum atomic E-state index is 12.4. The van der Waals surface area contributed by atoms with E-state index in [1.54, 1.807) is 12.4 Å². The van der Waals surface area contributed by atoms with Gasteiger partial charge >= 0.3 is 0 Å². The van der Waals surface area contributed by atoms with Gasteiger partial charge in [-0.05, 0) is 31.7 Å². The molecule has 1 fully saturated rings. The smallest absolute Gasteiger partial charge is 0.231 e. The van der Waals surface area contributed by atoms with E-state index >= 15 is 0 Å². The van der Waals surface area contributed by atoms with Gasteiger partial charge in [-0.25, -0.2) is 9.97 Å². The molecule has 0 saturated heterocycles. The Hall–Kier alpha value is -2.23. The highest BCUT2D eigenvalue weighted by Crippen LogP contribution is 2.49. The van der Waals surface area contributed by atoms with E-state index in [0.717, 1.165) is 19.3 Å². The molecule has 0 atom stereocenters. The maximum absolute atomic E-state index is 12.4. The molecular weight excluding hydrogens is 250 g/mol. The van der Waals surface area contributed by atoms with E-state index in [-0.39, 0.29) is 11.3 Å². The Kier molecular flexibility index (Phi) is 3.22. The summed E-state index contributed by atoms with van der Waals surface area (Å²) < 4.78 is 0. The lowest BCUT2D eigenvalue weighted by atomic mass is 9.95. The molecule has 4 nitrogen and oxygen atoms in total. The van der Waals surface area contributed by atoms with Gasteiger partial charge in [-0.3, -0.25) is 4.79 Å². The number of amides is 1. The van der Waals surface area contributed by atoms with Crippen molar-refractivity contribution in [1.29, 1.82) is 0 Å². The van der Waals surface area contributed by atoms with Crippen LogP contribution in [0.1, 0.15) is 24.2 Å². The van der Waals surface area contributed by atoms with Crippen LogP contribution >= 0.6 is 0 Å². The molecule has 1 aliphatic rings. The first kappa shape index (κ1) is 12.8. The van der Waals surface area contributed by atoms with E-state index in [9.17, 15) is 4.79 Å². The molecule has 20 heavy (non-hydrogen) atoms. The second-order valence-corrected chi connectivity index (χ2v) is 5.42. The Morgan fingerprint density at radius 1 is 1.20 bits per heavy atom. The number of hydrogen-bond donors (Lipinski definition) is 1. The Morgan fingerprint density at radius 2 is 1.85 bits per heavy atom. The lowest BCUT2D eigenvalue weighted by molar-refractivity contribution is -0.121. The second-order valence-electron chi connectivity index (χ2n) is 5.42. The molecule has 2 aromatic rings. The minimum atomic E-state index is -0.244. The molecule has 1 aliphatic carbocycles. The van der Waals surface area contributed by atoms with Crippen molar-refractivity contribution in [1.82, 2.24) is 9.97 Å². The predicted molar refractivity (Wildman–Crippen MR) is 77.2 cm³/mol. The third-order valence-electron chi connectivity index (χ3n) is 3.76. The number of nitrogens with zero attached hydrogens (tertiary/aromatic N) is 2. The first-order valence-electron chi connectivity index (χ1n) is 6.82. The van der Waals surface area contributed by atoms with Crippen molar-refractivity contribution in [3.05, 3.63) is 54.1 Å². The number of nitrogens with one attached hydrogen (secondary N) is 1. The van der Waals surface area contributed by atoms with Crippen LogP contribution in [0.3, 0.4) is 0 Å². The molecule has 102 valence electrons. The van der Waals surface area contributed by atoms with Crippen LogP contribution in [0.4, 0.5) is 5.69 Å². The van der Waals surface area contributed by atoms with Crippen LogP contribution in [0.25, 0.3) is 0 Å². The normalized spacial score (nSPS) is 15.7. The number of carbonyl (C=O) groups excluding carboxylic acids is 1. The summed E-state index contributed by atoms with van der Waals surface area (Å²) >= 11 is 0. The quantitative estimate of drug-likeness (QED) is 0.926. The van der Waals surface area contributed by atoms with E-state index in [1.807, 2.05) is 25.1 Å². The fourth-order valence-corrected chi connectivity index (χ4v) is 2.34. The maximum Gasteiger partial charge on any atom is 0.231 e. The third kappa shape index (κ3) is 2.69. The number of aromatic nitrogens is 2. The Labute approximate surface area is 118 Å². The number of aryl methyl sites for hydroxylation is 1. The number of carbonyl (C=O) groups is 1. The highest BCUT2D eigenvalue weighted by Gasteiger charge is 2.49. The van der Waals surface area contributed by atoms with Crippen molar-refractivity contribution in [2.45, 2.75) is 26.2 Å². The van der Waals surface area contributed by atoms with Crippen LogP contribution in [0.2, 0.25) is 0 Å². The molecule has 1 N–H and O–H groups in total. The zero-order chi connectivity index (χ0) is 14.0. The summed E-state index contributed by atoms with van der Waals surface area (Å²) in [6.45, 7) is 1.82. The molecule has 0 radical (unpaired) electrons. The number of rotatable bonds is 4. The first-order valence-corrected chi connectivity index (χ1v) is 6.82. The fraction of sp³-hybridized carbons (Fsp3) is 0.312. The lowest BCUT2D eigenvalue weighted by Crippen LogP contribution is -2.26. The summed E-state index contributed by atoms with van der Waals surface area (Å²) in [5.41, 5.74) is 1.63.